The molecule has 50 valence electrons. The lowest BCUT2D eigenvalue weighted by molar-refractivity contribution is 1.31. The van der Waals surface area contributed by atoms with Gasteiger partial charge in [-0.2, -0.15) is 0 Å². The minimum atomic E-state index is 0. The van der Waals surface area contributed by atoms with Gasteiger partial charge in [-0.25, -0.2) is 0 Å². The van der Waals surface area contributed by atoms with Crippen molar-refractivity contribution in [2.24, 2.45) is 0 Å². The zero-order valence-corrected chi connectivity index (χ0v) is 6.88. The average molecular weight is 161 g/mol. The highest BCUT2D eigenvalue weighted by atomic mass is 35.5. The van der Waals surface area contributed by atoms with E-state index in [2.05, 4.69) is 12.6 Å². The first-order chi connectivity index (χ1) is 3.80. The highest BCUT2D eigenvalue weighted by Gasteiger charge is 1.84. The molecule has 0 saturated carbocycles. The quantitative estimate of drug-likeness (QED) is 0.555. The van der Waals surface area contributed by atoms with Crippen molar-refractivity contribution in [3.8, 4) is 0 Å². The fraction of sp³-hybridized carbons (Fsp3) is 0.143. The van der Waals surface area contributed by atoms with Gasteiger partial charge >= 0.3 is 0 Å². The van der Waals surface area contributed by atoms with Crippen LogP contribution in [-0.4, -0.2) is 0 Å². The van der Waals surface area contributed by atoms with Crippen LogP contribution < -0.4 is 0 Å². The maximum Gasteiger partial charge on any atom is 0.00692 e. The molecule has 0 amide bonds. The lowest BCUT2D eigenvalue weighted by Gasteiger charge is -1.92. The molecule has 0 aliphatic rings. The van der Waals surface area contributed by atoms with Crippen LogP contribution in [-0.2, 0) is 0 Å². The summed E-state index contributed by atoms with van der Waals surface area (Å²) < 4.78 is 0. The van der Waals surface area contributed by atoms with Gasteiger partial charge in [-0.3, -0.25) is 0 Å². The molecule has 0 N–H and O–H groups in total. The lowest BCUT2D eigenvalue weighted by atomic mass is 10.2. The minimum absolute atomic E-state index is 0. The van der Waals surface area contributed by atoms with Gasteiger partial charge in [0.1, 0.15) is 0 Å². The van der Waals surface area contributed by atoms with Crippen LogP contribution in [0.4, 0.5) is 0 Å². The Balaban J connectivity index is 0.000000640. The molecule has 9 heavy (non-hydrogen) atoms. The summed E-state index contributed by atoms with van der Waals surface area (Å²) in [5, 5.41) is 0. The molecule has 0 atom stereocenters. The van der Waals surface area contributed by atoms with Crippen LogP contribution in [0.15, 0.2) is 29.2 Å². The molecule has 1 aromatic carbocycles. The van der Waals surface area contributed by atoms with E-state index in [-0.39, 0.29) is 12.4 Å². The van der Waals surface area contributed by atoms with Crippen molar-refractivity contribution in [2.45, 2.75) is 11.8 Å². The third kappa shape index (κ3) is 2.29. The molecular formula is C7H9ClS. The van der Waals surface area contributed by atoms with Crippen LogP contribution in [0, 0.1) is 6.92 Å². The predicted molar refractivity (Wildman–Crippen MR) is 45.7 cm³/mol. The molecule has 0 saturated heterocycles. The van der Waals surface area contributed by atoms with Crippen LogP contribution in [0.2, 0.25) is 0 Å². The molecule has 2 heteroatoms. The van der Waals surface area contributed by atoms with Gasteiger partial charge in [0.05, 0.1) is 0 Å². The second-order valence-electron chi connectivity index (χ2n) is 1.79. The van der Waals surface area contributed by atoms with E-state index in [0.29, 0.717) is 0 Å². The van der Waals surface area contributed by atoms with E-state index in [1.807, 2.05) is 31.2 Å². The summed E-state index contributed by atoms with van der Waals surface area (Å²) in [5.74, 6) is 0. The standard InChI is InChI=1S/C7H8S.ClH/c1-6-4-2-3-5-7(6)8;/h2-5,8H,1H3;1H. The first kappa shape index (κ1) is 8.86. The maximum atomic E-state index is 4.20. The lowest BCUT2D eigenvalue weighted by Crippen LogP contribution is -1.70. The van der Waals surface area contributed by atoms with E-state index in [9.17, 15) is 0 Å². The fourth-order valence-corrected chi connectivity index (χ4v) is 0.724. The van der Waals surface area contributed by atoms with Gasteiger partial charge in [-0.05, 0) is 18.6 Å². The Labute approximate surface area is 67.1 Å². The number of thiol groups is 1. The van der Waals surface area contributed by atoms with Gasteiger partial charge in [0.2, 0.25) is 0 Å². The van der Waals surface area contributed by atoms with Crippen LogP contribution in [0.25, 0.3) is 0 Å². The first-order valence-electron chi connectivity index (χ1n) is 2.55. The molecule has 0 bridgehead atoms. The van der Waals surface area contributed by atoms with Gasteiger partial charge in [0, 0.05) is 4.90 Å². The maximum absolute atomic E-state index is 4.20. The van der Waals surface area contributed by atoms with Crippen molar-refractivity contribution in [1.29, 1.82) is 0 Å². The molecule has 0 heterocycles. The van der Waals surface area contributed by atoms with Crippen molar-refractivity contribution in [3.05, 3.63) is 29.8 Å². The monoisotopic (exact) mass is 160 g/mol. The van der Waals surface area contributed by atoms with Crippen LogP contribution in [0.1, 0.15) is 5.56 Å². The summed E-state index contributed by atoms with van der Waals surface area (Å²) in [6.07, 6.45) is 0. The third-order valence-corrected chi connectivity index (χ3v) is 1.62. The van der Waals surface area contributed by atoms with Crippen molar-refractivity contribution < 1.29 is 0 Å². The van der Waals surface area contributed by atoms with E-state index < -0.39 is 0 Å². The number of benzene rings is 1. The van der Waals surface area contributed by atoms with E-state index in [0.717, 1.165) is 4.90 Å². The number of aryl methyl sites for hydroxylation is 1. The average Bonchev–Trinajstić information content (AvgIpc) is 1.77. The smallest absolute Gasteiger partial charge is 0.00692 e. The summed E-state index contributed by atoms with van der Waals surface area (Å²) in [6, 6.07) is 8.02. The van der Waals surface area contributed by atoms with Crippen molar-refractivity contribution in [3.63, 3.8) is 0 Å². The summed E-state index contributed by atoms with van der Waals surface area (Å²) >= 11 is 4.20. The van der Waals surface area contributed by atoms with Crippen LogP contribution >= 0.6 is 25.0 Å². The number of hydrogen-bond acceptors (Lipinski definition) is 1. The highest BCUT2D eigenvalue weighted by Crippen LogP contribution is 2.09. The first-order valence-corrected chi connectivity index (χ1v) is 3.00. The molecule has 0 spiro atoms. The molecule has 0 fully saturated rings. The molecule has 0 aliphatic carbocycles. The largest absolute Gasteiger partial charge is 0.147 e. The summed E-state index contributed by atoms with van der Waals surface area (Å²) in [6.45, 7) is 2.04. The number of rotatable bonds is 0. The van der Waals surface area contributed by atoms with E-state index in [1.165, 1.54) is 5.56 Å². The molecule has 0 nitrogen and oxygen atoms in total. The third-order valence-electron chi connectivity index (χ3n) is 1.12. The van der Waals surface area contributed by atoms with Crippen LogP contribution in [0.5, 0.6) is 0 Å². The highest BCUT2D eigenvalue weighted by molar-refractivity contribution is 7.80. The minimum Gasteiger partial charge on any atom is -0.147 e. The van der Waals surface area contributed by atoms with Gasteiger partial charge in [0.15, 0.2) is 0 Å². The Bertz CT molecular complexity index is 165. The normalized spacial score (nSPS) is 8.22. The Morgan fingerprint density at radius 3 is 2.11 bits per heavy atom. The topological polar surface area (TPSA) is 0 Å². The predicted octanol–water partition coefficient (Wildman–Crippen LogP) is 2.71. The van der Waals surface area contributed by atoms with Gasteiger partial charge in [0.25, 0.3) is 0 Å². The Morgan fingerprint density at radius 2 is 1.78 bits per heavy atom. The molecule has 1 rings (SSSR count). The molecular weight excluding hydrogens is 152 g/mol. The number of halogens is 1. The molecule has 0 aromatic heterocycles. The zero-order chi connectivity index (χ0) is 5.98. The van der Waals surface area contributed by atoms with Gasteiger partial charge < -0.3 is 0 Å². The molecule has 1 aromatic rings. The van der Waals surface area contributed by atoms with Gasteiger partial charge in [-0.1, -0.05) is 18.2 Å². The van der Waals surface area contributed by atoms with E-state index >= 15 is 0 Å². The summed E-state index contributed by atoms with van der Waals surface area (Å²) in [5.41, 5.74) is 1.23. The number of hydrogen-bond donors (Lipinski definition) is 1. The van der Waals surface area contributed by atoms with Crippen molar-refractivity contribution in [2.75, 3.05) is 0 Å². The Morgan fingerprint density at radius 1 is 1.22 bits per heavy atom. The molecule has 0 aliphatic heterocycles. The van der Waals surface area contributed by atoms with E-state index in [1.54, 1.807) is 0 Å². The Kier molecular flexibility index (Phi) is 3.75. The SMILES string of the molecule is Cc1ccccc1S.Cl. The fourth-order valence-electron chi connectivity index (χ4n) is 0.563. The van der Waals surface area contributed by atoms with Crippen molar-refractivity contribution in [1.82, 2.24) is 0 Å². The second kappa shape index (κ2) is 3.80. The van der Waals surface area contributed by atoms with E-state index in [4.69, 9.17) is 0 Å². The zero-order valence-electron chi connectivity index (χ0n) is 5.16. The molecule has 0 radical (unpaired) electrons. The van der Waals surface area contributed by atoms with Gasteiger partial charge in [-0.15, -0.1) is 25.0 Å². The second-order valence-corrected chi connectivity index (χ2v) is 2.27. The Hall–Kier alpha value is -0.140. The molecule has 0 unspecified atom stereocenters. The summed E-state index contributed by atoms with van der Waals surface area (Å²) in [7, 11) is 0. The van der Waals surface area contributed by atoms with Crippen molar-refractivity contribution >= 4 is 25.0 Å². The summed E-state index contributed by atoms with van der Waals surface area (Å²) in [4.78, 5) is 1.06. The van der Waals surface area contributed by atoms with Crippen LogP contribution in [0.3, 0.4) is 0 Å².